The Morgan fingerprint density at radius 1 is 1.56 bits per heavy atom. The molecule has 0 heterocycles. The molecule has 0 aromatic rings. The number of ether oxygens (including phenoxy) is 1. The van der Waals surface area contributed by atoms with Crippen molar-refractivity contribution in [2.75, 3.05) is 20.3 Å². The maximum atomic E-state index is 5.42. The molecule has 0 aromatic heterocycles. The number of nitrogens with zero attached hydrogens (tertiary/aromatic N) is 1. The first kappa shape index (κ1) is 13.3. The number of hydrogen-bond donors (Lipinski definition) is 3. The third kappa shape index (κ3) is 3.98. The largest absolute Gasteiger partial charge is 0.383 e. The van der Waals surface area contributed by atoms with Gasteiger partial charge in [-0.15, -0.1) is 0 Å². The molecular weight excluding hydrogens is 204 g/mol. The van der Waals surface area contributed by atoms with Crippen molar-refractivity contribution in [2.45, 2.75) is 39.2 Å². The molecule has 16 heavy (non-hydrogen) atoms. The Morgan fingerprint density at radius 2 is 2.25 bits per heavy atom. The van der Waals surface area contributed by atoms with Crippen LogP contribution in [0, 0.1) is 5.41 Å². The third-order valence-corrected chi connectivity index (χ3v) is 3.12. The van der Waals surface area contributed by atoms with E-state index in [4.69, 9.17) is 10.6 Å². The molecule has 0 bridgehead atoms. The fourth-order valence-electron chi connectivity index (χ4n) is 1.87. The van der Waals surface area contributed by atoms with Crippen LogP contribution in [0.5, 0.6) is 0 Å². The van der Waals surface area contributed by atoms with Crippen molar-refractivity contribution in [3.8, 4) is 0 Å². The van der Waals surface area contributed by atoms with E-state index in [-0.39, 0.29) is 6.04 Å². The van der Waals surface area contributed by atoms with Crippen molar-refractivity contribution in [3.63, 3.8) is 0 Å². The summed E-state index contributed by atoms with van der Waals surface area (Å²) in [5, 5.41) is 3.18. The van der Waals surface area contributed by atoms with Crippen LogP contribution in [0.4, 0.5) is 0 Å². The van der Waals surface area contributed by atoms with Gasteiger partial charge in [0.25, 0.3) is 0 Å². The second-order valence-corrected chi connectivity index (χ2v) is 4.97. The van der Waals surface area contributed by atoms with E-state index in [9.17, 15) is 0 Å². The quantitative estimate of drug-likeness (QED) is 0.279. The Bertz CT molecular complexity index is 238. The monoisotopic (exact) mass is 228 g/mol. The molecule has 1 fully saturated rings. The highest BCUT2D eigenvalue weighted by atomic mass is 16.5. The number of nitrogens with two attached hydrogens (primary N) is 1. The lowest BCUT2D eigenvalue weighted by Gasteiger charge is -2.37. The molecule has 1 saturated carbocycles. The molecule has 0 aliphatic heterocycles. The number of aliphatic imine (C=N–C) groups is 1. The van der Waals surface area contributed by atoms with Crippen LogP contribution >= 0.6 is 0 Å². The van der Waals surface area contributed by atoms with Crippen molar-refractivity contribution in [3.05, 3.63) is 0 Å². The molecule has 1 atom stereocenters. The Hall–Kier alpha value is -0.810. The normalized spacial score (nSPS) is 21.1. The van der Waals surface area contributed by atoms with Crippen molar-refractivity contribution in [1.29, 1.82) is 0 Å². The molecule has 4 N–H and O–H groups in total. The summed E-state index contributed by atoms with van der Waals surface area (Å²) in [5.74, 6) is 6.07. The molecular formula is C11H24N4O. The summed E-state index contributed by atoms with van der Waals surface area (Å²) in [7, 11) is 1.68. The highest BCUT2D eigenvalue weighted by molar-refractivity contribution is 5.79. The molecule has 0 amide bonds. The van der Waals surface area contributed by atoms with Gasteiger partial charge in [-0.05, 0) is 25.2 Å². The van der Waals surface area contributed by atoms with Crippen LogP contribution in [0.3, 0.4) is 0 Å². The molecule has 1 aliphatic rings. The average molecular weight is 228 g/mol. The average Bonchev–Trinajstić information content (AvgIpc) is 2.21. The molecule has 94 valence electrons. The van der Waals surface area contributed by atoms with Crippen LogP contribution in [0.1, 0.15) is 33.1 Å². The second kappa shape index (κ2) is 6.06. The predicted octanol–water partition coefficient (Wildman–Crippen LogP) is 0.620. The van der Waals surface area contributed by atoms with E-state index in [0.29, 0.717) is 18.0 Å². The van der Waals surface area contributed by atoms with Gasteiger partial charge in [-0.25, -0.2) is 5.84 Å². The number of methoxy groups -OCH3 is 1. The Morgan fingerprint density at radius 3 is 2.69 bits per heavy atom. The number of nitrogens with one attached hydrogen (secondary N) is 2. The minimum Gasteiger partial charge on any atom is -0.383 e. The lowest BCUT2D eigenvalue weighted by atomic mass is 9.71. The summed E-state index contributed by atoms with van der Waals surface area (Å²) < 4.78 is 5.04. The maximum Gasteiger partial charge on any atom is 0.206 e. The maximum absolute atomic E-state index is 5.42. The zero-order valence-electron chi connectivity index (χ0n) is 10.5. The van der Waals surface area contributed by atoms with Crippen LogP contribution in [0.25, 0.3) is 0 Å². The van der Waals surface area contributed by atoms with Crippen LogP contribution < -0.4 is 16.6 Å². The molecule has 1 aliphatic carbocycles. The Balaban J connectivity index is 2.37. The molecule has 0 radical (unpaired) electrons. The highest BCUT2D eigenvalue weighted by Gasteiger charge is 2.31. The van der Waals surface area contributed by atoms with Gasteiger partial charge in [-0.3, -0.25) is 10.4 Å². The Kier molecular flexibility index (Phi) is 5.02. The predicted molar refractivity (Wildman–Crippen MR) is 66.1 cm³/mol. The van der Waals surface area contributed by atoms with Gasteiger partial charge in [0.2, 0.25) is 5.96 Å². The smallest absolute Gasteiger partial charge is 0.206 e. The minimum absolute atomic E-state index is 0.203. The van der Waals surface area contributed by atoms with Gasteiger partial charge in [0, 0.05) is 19.7 Å². The van der Waals surface area contributed by atoms with E-state index < -0.39 is 0 Å². The molecule has 0 saturated heterocycles. The first-order valence-corrected chi connectivity index (χ1v) is 5.86. The molecule has 1 rings (SSSR count). The van der Waals surface area contributed by atoms with E-state index in [0.717, 1.165) is 6.54 Å². The topological polar surface area (TPSA) is 71.7 Å². The van der Waals surface area contributed by atoms with E-state index >= 15 is 0 Å². The molecule has 5 nitrogen and oxygen atoms in total. The van der Waals surface area contributed by atoms with Gasteiger partial charge in [-0.2, -0.15) is 0 Å². The third-order valence-electron chi connectivity index (χ3n) is 3.12. The molecule has 0 spiro atoms. The SMILES string of the molecule is COCC(C)NC(=NCC1(C)CCC1)NN. The van der Waals surface area contributed by atoms with Crippen LogP contribution in [0.2, 0.25) is 0 Å². The van der Waals surface area contributed by atoms with Gasteiger partial charge in [0.05, 0.1) is 6.61 Å². The van der Waals surface area contributed by atoms with Crippen molar-refractivity contribution >= 4 is 5.96 Å². The van der Waals surface area contributed by atoms with Gasteiger partial charge in [0.15, 0.2) is 0 Å². The van der Waals surface area contributed by atoms with Crippen LogP contribution in [0.15, 0.2) is 4.99 Å². The fourth-order valence-corrected chi connectivity index (χ4v) is 1.87. The summed E-state index contributed by atoms with van der Waals surface area (Å²) in [6.45, 7) is 5.77. The molecule has 1 unspecified atom stereocenters. The Labute approximate surface area is 97.8 Å². The molecule has 5 heteroatoms. The second-order valence-electron chi connectivity index (χ2n) is 4.97. The number of hydrazine groups is 1. The summed E-state index contributed by atoms with van der Waals surface area (Å²) in [4.78, 5) is 4.47. The summed E-state index contributed by atoms with van der Waals surface area (Å²) in [5.41, 5.74) is 2.98. The van der Waals surface area contributed by atoms with Gasteiger partial charge >= 0.3 is 0 Å². The van der Waals surface area contributed by atoms with Crippen LogP contribution in [-0.4, -0.2) is 32.3 Å². The number of guanidine groups is 1. The number of rotatable bonds is 5. The highest BCUT2D eigenvalue weighted by Crippen LogP contribution is 2.40. The minimum atomic E-state index is 0.203. The van der Waals surface area contributed by atoms with Crippen molar-refractivity contribution in [1.82, 2.24) is 10.7 Å². The molecule has 0 aromatic carbocycles. The standard InChI is InChI=1S/C11H24N4O/c1-9(7-16-3)14-10(15-12)13-8-11(2)5-4-6-11/h9H,4-8,12H2,1-3H3,(H2,13,14,15). The van der Waals surface area contributed by atoms with E-state index in [1.807, 2.05) is 6.92 Å². The lowest BCUT2D eigenvalue weighted by molar-refractivity contribution is 0.172. The van der Waals surface area contributed by atoms with Gasteiger partial charge in [-0.1, -0.05) is 13.3 Å². The zero-order valence-corrected chi connectivity index (χ0v) is 10.5. The fraction of sp³-hybridized carbons (Fsp3) is 0.909. The summed E-state index contributed by atoms with van der Waals surface area (Å²) in [6, 6.07) is 0.203. The van der Waals surface area contributed by atoms with E-state index in [1.54, 1.807) is 7.11 Å². The van der Waals surface area contributed by atoms with E-state index in [1.165, 1.54) is 19.3 Å². The first-order valence-electron chi connectivity index (χ1n) is 5.86. The van der Waals surface area contributed by atoms with Crippen molar-refractivity contribution < 1.29 is 4.74 Å². The summed E-state index contributed by atoms with van der Waals surface area (Å²) >= 11 is 0. The van der Waals surface area contributed by atoms with E-state index in [2.05, 4.69) is 22.7 Å². The zero-order chi connectivity index (χ0) is 12.0. The van der Waals surface area contributed by atoms with Gasteiger partial charge in [0.1, 0.15) is 0 Å². The van der Waals surface area contributed by atoms with Gasteiger partial charge < -0.3 is 10.1 Å². The van der Waals surface area contributed by atoms with Crippen molar-refractivity contribution in [2.24, 2.45) is 16.3 Å². The first-order chi connectivity index (χ1) is 7.59. The lowest BCUT2D eigenvalue weighted by Crippen LogP contribution is -2.47. The van der Waals surface area contributed by atoms with Crippen LogP contribution in [-0.2, 0) is 4.74 Å². The summed E-state index contributed by atoms with van der Waals surface area (Å²) in [6.07, 6.45) is 3.86. The number of hydrogen-bond acceptors (Lipinski definition) is 3.